The van der Waals surface area contributed by atoms with Crippen molar-refractivity contribution in [2.45, 2.75) is 32.9 Å². The molecule has 1 unspecified atom stereocenters. The minimum absolute atomic E-state index is 0.0119. The SMILES string of the molecule is CC(C)NC(=O)C(C)Nc1cc(F)c(F)c(F)c1. The zero-order valence-electron chi connectivity index (χ0n) is 10.4. The molecule has 0 radical (unpaired) electrons. The van der Waals surface area contributed by atoms with E-state index in [4.69, 9.17) is 0 Å². The molecule has 1 aromatic rings. The van der Waals surface area contributed by atoms with E-state index >= 15 is 0 Å². The molecular weight excluding hydrogens is 245 g/mol. The van der Waals surface area contributed by atoms with Crippen LogP contribution in [0.25, 0.3) is 0 Å². The molecule has 1 rings (SSSR count). The van der Waals surface area contributed by atoms with Gasteiger partial charge in [-0.15, -0.1) is 0 Å². The van der Waals surface area contributed by atoms with Crippen LogP contribution in [-0.2, 0) is 4.79 Å². The second kappa shape index (κ2) is 5.75. The Morgan fingerprint density at radius 1 is 1.11 bits per heavy atom. The summed E-state index contributed by atoms with van der Waals surface area (Å²) in [5, 5.41) is 5.24. The standard InChI is InChI=1S/C12H15F3N2O/c1-6(2)16-12(18)7(3)17-8-4-9(13)11(15)10(14)5-8/h4-7,17H,1-3H3,(H,16,18). The lowest BCUT2D eigenvalue weighted by molar-refractivity contribution is -0.122. The molecule has 0 aliphatic heterocycles. The number of rotatable bonds is 4. The van der Waals surface area contributed by atoms with E-state index in [0.717, 1.165) is 12.1 Å². The molecule has 0 saturated carbocycles. The van der Waals surface area contributed by atoms with E-state index in [0.29, 0.717) is 0 Å². The number of benzene rings is 1. The molecule has 0 fully saturated rings. The van der Waals surface area contributed by atoms with Crippen molar-refractivity contribution in [3.8, 4) is 0 Å². The summed E-state index contributed by atoms with van der Waals surface area (Å²) in [6, 6.07) is 0.884. The predicted octanol–water partition coefficient (Wildman–Crippen LogP) is 2.43. The quantitative estimate of drug-likeness (QED) is 0.816. The Balaban J connectivity index is 2.76. The average molecular weight is 260 g/mol. The molecule has 0 heterocycles. The van der Waals surface area contributed by atoms with E-state index in [1.807, 2.05) is 0 Å². The third kappa shape index (κ3) is 3.65. The number of carbonyl (C=O) groups excluding carboxylic acids is 1. The molecule has 1 atom stereocenters. The third-order valence-corrected chi connectivity index (χ3v) is 2.19. The Labute approximate surface area is 103 Å². The first-order valence-corrected chi connectivity index (χ1v) is 5.52. The zero-order chi connectivity index (χ0) is 13.9. The summed E-state index contributed by atoms with van der Waals surface area (Å²) in [6.45, 7) is 5.13. The molecule has 6 heteroatoms. The van der Waals surface area contributed by atoms with Crippen LogP contribution in [0.1, 0.15) is 20.8 Å². The van der Waals surface area contributed by atoms with Gasteiger partial charge in [-0.05, 0) is 20.8 Å². The van der Waals surface area contributed by atoms with Gasteiger partial charge in [0, 0.05) is 23.9 Å². The van der Waals surface area contributed by atoms with Gasteiger partial charge in [-0.25, -0.2) is 13.2 Å². The topological polar surface area (TPSA) is 41.1 Å². The van der Waals surface area contributed by atoms with E-state index in [9.17, 15) is 18.0 Å². The Morgan fingerprint density at radius 3 is 2.06 bits per heavy atom. The van der Waals surface area contributed by atoms with Crippen LogP contribution in [0.3, 0.4) is 0 Å². The van der Waals surface area contributed by atoms with Crippen molar-refractivity contribution in [1.29, 1.82) is 0 Å². The second-order valence-electron chi connectivity index (χ2n) is 4.28. The van der Waals surface area contributed by atoms with Crippen molar-refractivity contribution >= 4 is 11.6 Å². The molecule has 0 aliphatic carbocycles. The van der Waals surface area contributed by atoms with Gasteiger partial charge in [-0.2, -0.15) is 0 Å². The van der Waals surface area contributed by atoms with Gasteiger partial charge in [0.05, 0.1) is 0 Å². The number of amides is 1. The molecule has 0 bridgehead atoms. The lowest BCUT2D eigenvalue weighted by atomic mass is 10.2. The first-order valence-electron chi connectivity index (χ1n) is 5.52. The largest absolute Gasteiger partial charge is 0.374 e. The van der Waals surface area contributed by atoms with Gasteiger partial charge < -0.3 is 10.6 Å². The minimum atomic E-state index is -1.53. The van der Waals surface area contributed by atoms with Gasteiger partial charge >= 0.3 is 0 Å². The fourth-order valence-corrected chi connectivity index (χ4v) is 1.36. The van der Waals surface area contributed by atoms with Crippen LogP contribution in [-0.4, -0.2) is 18.0 Å². The van der Waals surface area contributed by atoms with E-state index in [-0.39, 0.29) is 17.6 Å². The van der Waals surface area contributed by atoms with Crippen molar-refractivity contribution in [2.75, 3.05) is 5.32 Å². The number of anilines is 1. The summed E-state index contributed by atoms with van der Waals surface area (Å²) >= 11 is 0. The number of halogens is 3. The van der Waals surface area contributed by atoms with Gasteiger partial charge in [0.1, 0.15) is 6.04 Å². The minimum Gasteiger partial charge on any atom is -0.374 e. The summed E-state index contributed by atoms with van der Waals surface area (Å²) in [7, 11) is 0. The molecular formula is C12H15F3N2O. The Bertz CT molecular complexity index is 426. The monoisotopic (exact) mass is 260 g/mol. The van der Waals surface area contributed by atoms with Gasteiger partial charge in [-0.3, -0.25) is 4.79 Å². The normalized spacial score (nSPS) is 12.4. The molecule has 1 amide bonds. The maximum atomic E-state index is 12.9. The highest BCUT2D eigenvalue weighted by atomic mass is 19.2. The fourth-order valence-electron chi connectivity index (χ4n) is 1.36. The molecule has 18 heavy (non-hydrogen) atoms. The summed E-state index contributed by atoms with van der Waals surface area (Å²) in [6.07, 6.45) is 0. The first kappa shape index (κ1) is 14.3. The summed E-state index contributed by atoms with van der Waals surface area (Å²) in [5.74, 6) is -4.43. The lowest BCUT2D eigenvalue weighted by Gasteiger charge is -2.17. The Kier molecular flexibility index (Phi) is 4.58. The fraction of sp³-hybridized carbons (Fsp3) is 0.417. The summed E-state index contributed by atoms with van der Waals surface area (Å²) < 4.78 is 38.6. The van der Waals surface area contributed by atoms with Gasteiger partial charge in [0.25, 0.3) is 0 Å². The molecule has 0 spiro atoms. The summed E-state index contributed by atoms with van der Waals surface area (Å²) in [5.41, 5.74) is 0.0119. The van der Waals surface area contributed by atoms with Crippen molar-refractivity contribution in [3.63, 3.8) is 0 Å². The maximum Gasteiger partial charge on any atom is 0.242 e. The molecule has 0 aromatic heterocycles. The van der Waals surface area contributed by atoms with Crippen LogP contribution < -0.4 is 10.6 Å². The average Bonchev–Trinajstić information content (AvgIpc) is 2.24. The van der Waals surface area contributed by atoms with Crippen LogP contribution in [0.5, 0.6) is 0 Å². The van der Waals surface area contributed by atoms with Crippen molar-refractivity contribution in [2.24, 2.45) is 0 Å². The van der Waals surface area contributed by atoms with Gasteiger partial charge in [0.15, 0.2) is 17.5 Å². The van der Waals surface area contributed by atoms with E-state index in [1.165, 1.54) is 6.92 Å². The lowest BCUT2D eigenvalue weighted by Crippen LogP contribution is -2.41. The molecule has 0 aliphatic rings. The molecule has 1 aromatic carbocycles. The van der Waals surface area contributed by atoms with Crippen molar-refractivity contribution in [3.05, 3.63) is 29.6 Å². The predicted molar refractivity (Wildman–Crippen MR) is 62.7 cm³/mol. The Hall–Kier alpha value is -1.72. The van der Waals surface area contributed by atoms with E-state index < -0.39 is 23.5 Å². The molecule has 3 nitrogen and oxygen atoms in total. The van der Waals surface area contributed by atoms with E-state index in [1.54, 1.807) is 13.8 Å². The molecule has 100 valence electrons. The number of hydrogen-bond donors (Lipinski definition) is 2. The summed E-state index contributed by atoms with van der Waals surface area (Å²) in [4.78, 5) is 11.6. The van der Waals surface area contributed by atoms with Crippen LogP contribution >= 0.6 is 0 Å². The van der Waals surface area contributed by atoms with Crippen LogP contribution in [0.2, 0.25) is 0 Å². The van der Waals surface area contributed by atoms with Gasteiger partial charge in [-0.1, -0.05) is 0 Å². The van der Waals surface area contributed by atoms with Crippen molar-refractivity contribution < 1.29 is 18.0 Å². The molecule has 0 saturated heterocycles. The highest BCUT2D eigenvalue weighted by molar-refractivity contribution is 5.84. The number of carbonyl (C=O) groups is 1. The van der Waals surface area contributed by atoms with Crippen LogP contribution in [0.4, 0.5) is 18.9 Å². The van der Waals surface area contributed by atoms with Crippen LogP contribution in [0, 0.1) is 17.5 Å². The number of hydrogen-bond acceptors (Lipinski definition) is 2. The smallest absolute Gasteiger partial charge is 0.242 e. The van der Waals surface area contributed by atoms with Crippen molar-refractivity contribution in [1.82, 2.24) is 5.32 Å². The Morgan fingerprint density at radius 2 is 1.61 bits per heavy atom. The second-order valence-corrected chi connectivity index (χ2v) is 4.28. The molecule has 2 N–H and O–H groups in total. The van der Waals surface area contributed by atoms with Crippen LogP contribution in [0.15, 0.2) is 12.1 Å². The highest BCUT2D eigenvalue weighted by Gasteiger charge is 2.16. The van der Waals surface area contributed by atoms with Gasteiger partial charge in [0.2, 0.25) is 5.91 Å². The van der Waals surface area contributed by atoms with E-state index in [2.05, 4.69) is 10.6 Å². The maximum absolute atomic E-state index is 12.9. The zero-order valence-corrected chi connectivity index (χ0v) is 10.4. The highest BCUT2D eigenvalue weighted by Crippen LogP contribution is 2.17. The third-order valence-electron chi connectivity index (χ3n) is 2.19. The first-order chi connectivity index (χ1) is 8.31. The number of nitrogens with one attached hydrogen (secondary N) is 2.